The molecular formula is C27H47N5O4S. The van der Waals surface area contributed by atoms with E-state index in [1.54, 1.807) is 12.4 Å². The number of nitrogens with zero attached hydrogens (tertiary/aromatic N) is 3. The van der Waals surface area contributed by atoms with Crippen molar-refractivity contribution in [2.24, 2.45) is 0 Å². The summed E-state index contributed by atoms with van der Waals surface area (Å²) in [5, 5.41) is 5.76. The first kappa shape index (κ1) is 29.8. The Balaban J connectivity index is 1.26. The van der Waals surface area contributed by atoms with Crippen LogP contribution in [0.15, 0.2) is 24.5 Å². The summed E-state index contributed by atoms with van der Waals surface area (Å²) in [6, 6.07) is 3.65. The van der Waals surface area contributed by atoms with Crippen molar-refractivity contribution in [3.8, 4) is 0 Å². The predicted octanol–water partition coefficient (Wildman–Crippen LogP) is 3.48. The van der Waals surface area contributed by atoms with E-state index in [0.29, 0.717) is 19.6 Å². The topological polar surface area (TPSA) is 104 Å². The fourth-order valence-corrected chi connectivity index (χ4v) is 6.62. The van der Waals surface area contributed by atoms with Crippen LogP contribution in [0.4, 0.5) is 4.79 Å². The summed E-state index contributed by atoms with van der Waals surface area (Å²) < 4.78 is 31.8. The van der Waals surface area contributed by atoms with Gasteiger partial charge < -0.3 is 15.4 Å². The second-order valence-corrected chi connectivity index (χ2v) is 11.4. The lowest BCUT2D eigenvalue weighted by atomic mass is 9.89. The molecule has 2 aliphatic rings. The maximum absolute atomic E-state index is 12.3. The Morgan fingerprint density at radius 3 is 2.46 bits per heavy atom. The molecule has 210 valence electrons. The molecule has 9 nitrogen and oxygen atoms in total. The zero-order chi connectivity index (χ0) is 26.2. The number of ether oxygens (including phenoxy) is 1. The van der Waals surface area contributed by atoms with E-state index in [4.69, 9.17) is 4.74 Å². The lowest BCUT2D eigenvalue weighted by molar-refractivity contribution is 0.0357. The molecule has 2 amide bonds. The summed E-state index contributed by atoms with van der Waals surface area (Å²) in [5.41, 5.74) is 0.822. The van der Waals surface area contributed by atoms with Crippen LogP contribution in [0.5, 0.6) is 0 Å². The quantitative estimate of drug-likeness (QED) is 0.208. The first-order chi connectivity index (χ1) is 18.1. The maximum atomic E-state index is 12.3. The Kier molecular flexibility index (Phi) is 13.7. The molecule has 0 bridgehead atoms. The minimum Gasteiger partial charge on any atom is -0.379 e. The van der Waals surface area contributed by atoms with Gasteiger partial charge in [-0.25, -0.2) is 13.2 Å². The smallest absolute Gasteiger partial charge is 0.315 e. The average Bonchev–Trinajstić information content (AvgIpc) is 3.39. The van der Waals surface area contributed by atoms with Crippen molar-refractivity contribution >= 4 is 16.9 Å². The minimum atomic E-state index is -2.56. The second kappa shape index (κ2) is 17.0. The molecular weight excluding hydrogens is 490 g/mol. The maximum Gasteiger partial charge on any atom is 0.315 e. The molecule has 37 heavy (non-hydrogen) atoms. The highest BCUT2D eigenvalue weighted by atomic mass is 32.2. The molecule has 0 unspecified atom stereocenters. The normalized spacial score (nSPS) is 17.9. The number of pyridine rings is 1. The lowest BCUT2D eigenvalue weighted by Crippen LogP contribution is -2.47. The van der Waals surface area contributed by atoms with Gasteiger partial charge in [0, 0.05) is 50.7 Å². The van der Waals surface area contributed by atoms with E-state index in [1.807, 2.05) is 16.4 Å². The molecule has 3 rings (SSSR count). The first-order valence-electron chi connectivity index (χ1n) is 14.2. The Bertz CT molecular complexity index is 834. The van der Waals surface area contributed by atoms with Crippen molar-refractivity contribution < 1.29 is 17.9 Å². The van der Waals surface area contributed by atoms with Crippen LogP contribution in [0.3, 0.4) is 0 Å². The van der Waals surface area contributed by atoms with Gasteiger partial charge in [-0.2, -0.15) is 4.31 Å². The summed E-state index contributed by atoms with van der Waals surface area (Å²) in [7, 11) is -2.56. The van der Waals surface area contributed by atoms with Crippen LogP contribution in [0, 0.1) is 0 Å². The van der Waals surface area contributed by atoms with Crippen molar-refractivity contribution in [2.75, 3.05) is 45.9 Å². The molecule has 2 N–H and O–H groups in total. The first-order valence-corrected chi connectivity index (χ1v) is 15.3. The number of urea groups is 1. The number of aromatic nitrogens is 1. The van der Waals surface area contributed by atoms with E-state index in [1.165, 1.54) is 0 Å². The highest BCUT2D eigenvalue weighted by Crippen LogP contribution is 2.40. The number of thiol groups is 1. The van der Waals surface area contributed by atoms with Crippen LogP contribution in [-0.4, -0.2) is 80.1 Å². The van der Waals surface area contributed by atoms with Gasteiger partial charge in [0.25, 0.3) is 0 Å². The van der Waals surface area contributed by atoms with Crippen molar-refractivity contribution in [1.29, 1.82) is 0 Å². The van der Waals surface area contributed by atoms with Gasteiger partial charge >= 0.3 is 6.03 Å². The van der Waals surface area contributed by atoms with Crippen LogP contribution < -0.4 is 10.6 Å². The number of hydrogen-bond donors (Lipinski definition) is 3. The van der Waals surface area contributed by atoms with Crippen LogP contribution in [0.25, 0.3) is 0 Å². The van der Waals surface area contributed by atoms with Crippen LogP contribution in [0.2, 0.25) is 0 Å². The zero-order valence-corrected chi connectivity index (χ0v) is 23.3. The summed E-state index contributed by atoms with van der Waals surface area (Å²) >= 11 is 0. The van der Waals surface area contributed by atoms with Gasteiger partial charge in [-0.05, 0) is 50.3 Å². The number of amides is 2. The molecule has 0 radical (unpaired) electrons. The monoisotopic (exact) mass is 537 g/mol. The van der Waals surface area contributed by atoms with Crippen molar-refractivity contribution in [3.63, 3.8) is 0 Å². The van der Waals surface area contributed by atoms with Gasteiger partial charge in [-0.1, -0.05) is 51.0 Å². The summed E-state index contributed by atoms with van der Waals surface area (Å²) in [6.07, 6.45) is 16.2. The number of unbranched alkanes of at least 4 members (excludes halogenated alkanes) is 5. The SMILES string of the molecule is O=C(NCCCCCCCCC1(N(CCCN2CCOCC2)[SH](=O)=O)CCCC1)NCc1cccnc1. The van der Waals surface area contributed by atoms with Crippen molar-refractivity contribution in [1.82, 2.24) is 24.8 Å². The summed E-state index contributed by atoms with van der Waals surface area (Å²) in [6.45, 7) is 6.20. The molecule has 0 spiro atoms. The Morgan fingerprint density at radius 2 is 1.76 bits per heavy atom. The fourth-order valence-electron chi connectivity index (χ4n) is 5.67. The standard InChI is InChI=1S/C27H47N5O4S/c33-26(30-24-25-11-9-15-28-23-25)29-16-8-4-2-1-3-5-12-27(13-6-7-14-27)32(37(34)35)18-10-17-31-19-21-36-22-20-31/h9,11,15,23,37H,1-8,10,12-14,16-22,24H2,(H2,29,30,33). The number of rotatable bonds is 17. The molecule has 1 aliphatic heterocycles. The fraction of sp³-hybridized carbons (Fsp3) is 0.778. The molecule has 1 aliphatic carbocycles. The van der Waals surface area contributed by atoms with Gasteiger partial charge in [-0.3, -0.25) is 9.88 Å². The largest absolute Gasteiger partial charge is 0.379 e. The molecule has 1 aromatic rings. The summed E-state index contributed by atoms with van der Waals surface area (Å²) in [4.78, 5) is 18.3. The van der Waals surface area contributed by atoms with E-state index in [0.717, 1.165) is 115 Å². The third-order valence-corrected chi connectivity index (χ3v) is 8.78. The molecule has 1 aromatic heterocycles. The molecule has 1 saturated carbocycles. The molecule has 2 fully saturated rings. The number of hydrogen-bond acceptors (Lipinski definition) is 6. The highest BCUT2D eigenvalue weighted by Gasteiger charge is 2.40. The molecule has 0 aromatic carbocycles. The van der Waals surface area contributed by atoms with Gasteiger partial charge in [0.15, 0.2) is 0 Å². The van der Waals surface area contributed by atoms with E-state index < -0.39 is 10.9 Å². The minimum absolute atomic E-state index is 0.142. The zero-order valence-electron chi connectivity index (χ0n) is 22.4. The van der Waals surface area contributed by atoms with Crippen molar-refractivity contribution in [2.45, 2.75) is 89.1 Å². The third kappa shape index (κ3) is 10.9. The van der Waals surface area contributed by atoms with Crippen molar-refractivity contribution in [3.05, 3.63) is 30.1 Å². The third-order valence-electron chi connectivity index (χ3n) is 7.76. The number of carbonyl (C=O) groups is 1. The molecule has 2 heterocycles. The second-order valence-electron chi connectivity index (χ2n) is 10.4. The number of morpholine rings is 1. The Labute approximate surface area is 224 Å². The lowest BCUT2D eigenvalue weighted by Gasteiger charge is -2.38. The van der Waals surface area contributed by atoms with Crippen LogP contribution >= 0.6 is 0 Å². The highest BCUT2D eigenvalue weighted by molar-refractivity contribution is 7.69. The van der Waals surface area contributed by atoms with E-state index in [9.17, 15) is 13.2 Å². The van der Waals surface area contributed by atoms with Crippen LogP contribution in [-0.2, 0) is 22.2 Å². The number of nitrogens with one attached hydrogen (secondary N) is 2. The van der Waals surface area contributed by atoms with Gasteiger partial charge in [0.05, 0.1) is 13.2 Å². The Morgan fingerprint density at radius 1 is 1.03 bits per heavy atom. The predicted molar refractivity (Wildman–Crippen MR) is 147 cm³/mol. The van der Waals surface area contributed by atoms with Crippen LogP contribution in [0.1, 0.15) is 82.6 Å². The van der Waals surface area contributed by atoms with E-state index >= 15 is 0 Å². The molecule has 1 saturated heterocycles. The average molecular weight is 538 g/mol. The van der Waals surface area contributed by atoms with Gasteiger partial charge in [0.2, 0.25) is 10.9 Å². The summed E-state index contributed by atoms with van der Waals surface area (Å²) in [5.74, 6) is 0. The van der Waals surface area contributed by atoms with Gasteiger partial charge in [-0.15, -0.1) is 0 Å². The van der Waals surface area contributed by atoms with E-state index in [2.05, 4.69) is 20.5 Å². The van der Waals surface area contributed by atoms with E-state index in [-0.39, 0.29) is 11.6 Å². The molecule has 10 heteroatoms. The van der Waals surface area contributed by atoms with Gasteiger partial charge in [0.1, 0.15) is 0 Å². The Hall–Kier alpha value is -1.75. The molecule has 0 atom stereocenters. The number of carbonyl (C=O) groups excluding carboxylic acids is 1.